The Morgan fingerprint density at radius 1 is 1.07 bits per heavy atom. The topological polar surface area (TPSA) is 0 Å². The summed E-state index contributed by atoms with van der Waals surface area (Å²) >= 11 is 0. The fraction of sp³-hybridized carbons (Fsp3) is 0.500. The van der Waals surface area contributed by atoms with Gasteiger partial charge < -0.3 is 0 Å². The van der Waals surface area contributed by atoms with Gasteiger partial charge in [0.15, 0.2) is 0 Å². The van der Waals surface area contributed by atoms with E-state index in [-0.39, 0.29) is 5.92 Å². The van der Waals surface area contributed by atoms with E-state index in [0.717, 1.165) is 5.56 Å². The van der Waals surface area contributed by atoms with Gasteiger partial charge in [0.25, 0.3) is 0 Å². The smallest absolute Gasteiger partial charge is 0.210 e. The maximum Gasteiger partial charge on any atom is 0.242 e. The first-order valence-corrected chi connectivity index (χ1v) is 4.93. The van der Waals surface area contributed by atoms with Crippen LogP contribution in [-0.2, 0) is 6.42 Å². The summed E-state index contributed by atoms with van der Waals surface area (Å²) in [5, 5.41) is 0. The minimum Gasteiger partial charge on any atom is -0.210 e. The van der Waals surface area contributed by atoms with Crippen LogP contribution in [0.3, 0.4) is 0 Å². The van der Waals surface area contributed by atoms with Gasteiger partial charge in [-0.15, -0.1) is 0 Å². The lowest BCUT2D eigenvalue weighted by molar-refractivity contribution is 0.0522. The lowest BCUT2D eigenvalue weighted by atomic mass is 9.90. The van der Waals surface area contributed by atoms with Gasteiger partial charge in [-0.3, -0.25) is 0 Å². The van der Waals surface area contributed by atoms with Crippen molar-refractivity contribution in [3.05, 3.63) is 35.9 Å². The van der Waals surface area contributed by atoms with Crippen LogP contribution in [0.5, 0.6) is 0 Å². The van der Waals surface area contributed by atoms with E-state index >= 15 is 0 Å². The van der Waals surface area contributed by atoms with Crippen LogP contribution in [0.1, 0.15) is 19.4 Å². The molecule has 1 unspecified atom stereocenters. The minimum absolute atomic E-state index is 0.0233. The molecule has 1 aromatic carbocycles. The Bertz CT molecular complexity index is 246. The van der Waals surface area contributed by atoms with Crippen LogP contribution in [-0.4, -0.2) is 6.43 Å². The van der Waals surface area contributed by atoms with Gasteiger partial charge >= 0.3 is 0 Å². The van der Waals surface area contributed by atoms with Crippen LogP contribution in [0, 0.1) is 11.8 Å². The molecule has 0 aliphatic rings. The average molecular weight is 198 g/mol. The zero-order valence-electron chi connectivity index (χ0n) is 8.58. The molecule has 0 aromatic heterocycles. The third-order valence-corrected chi connectivity index (χ3v) is 2.49. The molecule has 1 rings (SSSR count). The van der Waals surface area contributed by atoms with Gasteiger partial charge in [0.05, 0.1) is 0 Å². The van der Waals surface area contributed by atoms with Crippen molar-refractivity contribution in [1.29, 1.82) is 0 Å². The van der Waals surface area contributed by atoms with Gasteiger partial charge in [-0.25, -0.2) is 8.78 Å². The number of hydrogen-bond donors (Lipinski definition) is 0. The fourth-order valence-electron chi connectivity index (χ4n) is 1.50. The second-order valence-electron chi connectivity index (χ2n) is 3.93. The monoisotopic (exact) mass is 198 g/mol. The molecule has 0 aliphatic carbocycles. The lowest BCUT2D eigenvalue weighted by Gasteiger charge is -2.19. The third-order valence-electron chi connectivity index (χ3n) is 2.49. The third kappa shape index (κ3) is 3.09. The highest BCUT2D eigenvalue weighted by atomic mass is 19.3. The Kier molecular flexibility index (Phi) is 4.05. The highest BCUT2D eigenvalue weighted by Crippen LogP contribution is 2.23. The summed E-state index contributed by atoms with van der Waals surface area (Å²) in [6, 6.07) is 9.47. The number of rotatable bonds is 4. The Balaban J connectivity index is 2.65. The number of hydrogen-bond acceptors (Lipinski definition) is 0. The quantitative estimate of drug-likeness (QED) is 0.691. The van der Waals surface area contributed by atoms with E-state index in [9.17, 15) is 8.78 Å². The van der Waals surface area contributed by atoms with Crippen molar-refractivity contribution in [3.8, 4) is 0 Å². The van der Waals surface area contributed by atoms with Crippen molar-refractivity contribution >= 4 is 0 Å². The van der Waals surface area contributed by atoms with Gasteiger partial charge in [0.2, 0.25) is 6.43 Å². The molecule has 0 amide bonds. The van der Waals surface area contributed by atoms with E-state index < -0.39 is 12.3 Å². The molecule has 1 atom stereocenters. The fourth-order valence-corrected chi connectivity index (χ4v) is 1.50. The molecule has 0 fully saturated rings. The van der Waals surface area contributed by atoms with Gasteiger partial charge in [-0.1, -0.05) is 44.2 Å². The summed E-state index contributed by atoms with van der Waals surface area (Å²) < 4.78 is 25.3. The molecule has 78 valence electrons. The van der Waals surface area contributed by atoms with E-state index in [4.69, 9.17) is 0 Å². The van der Waals surface area contributed by atoms with Crippen molar-refractivity contribution in [2.75, 3.05) is 0 Å². The predicted molar refractivity (Wildman–Crippen MR) is 54.5 cm³/mol. The summed E-state index contributed by atoms with van der Waals surface area (Å²) in [6.45, 7) is 3.69. The van der Waals surface area contributed by atoms with Crippen molar-refractivity contribution in [2.45, 2.75) is 26.7 Å². The molecule has 0 aliphatic heterocycles. The van der Waals surface area contributed by atoms with Crippen molar-refractivity contribution in [3.63, 3.8) is 0 Å². The summed E-state index contributed by atoms with van der Waals surface area (Å²) in [6.07, 6.45) is -1.76. The van der Waals surface area contributed by atoms with E-state index in [1.165, 1.54) is 0 Å². The highest BCUT2D eigenvalue weighted by Gasteiger charge is 2.23. The van der Waals surface area contributed by atoms with Gasteiger partial charge in [-0.05, 0) is 17.9 Å². The Hall–Kier alpha value is -0.920. The summed E-state index contributed by atoms with van der Waals surface area (Å²) in [5.41, 5.74) is 0.992. The first-order valence-electron chi connectivity index (χ1n) is 4.93. The number of alkyl halides is 2. The summed E-state index contributed by atoms with van der Waals surface area (Å²) in [5.74, 6) is -0.507. The first-order chi connectivity index (χ1) is 6.61. The van der Waals surface area contributed by atoms with Crippen LogP contribution in [0.2, 0.25) is 0 Å². The van der Waals surface area contributed by atoms with Crippen molar-refractivity contribution < 1.29 is 8.78 Å². The van der Waals surface area contributed by atoms with Gasteiger partial charge in [-0.2, -0.15) is 0 Å². The molecule has 0 saturated heterocycles. The molecule has 14 heavy (non-hydrogen) atoms. The number of benzene rings is 1. The molecule has 0 bridgehead atoms. The number of halogens is 2. The van der Waals surface area contributed by atoms with Crippen LogP contribution >= 0.6 is 0 Å². The van der Waals surface area contributed by atoms with Crippen LogP contribution in [0.4, 0.5) is 8.78 Å². The average Bonchev–Trinajstić information content (AvgIpc) is 2.15. The van der Waals surface area contributed by atoms with Gasteiger partial charge in [0, 0.05) is 5.92 Å². The Labute approximate surface area is 84.0 Å². The van der Waals surface area contributed by atoms with Crippen molar-refractivity contribution in [1.82, 2.24) is 0 Å². The minimum atomic E-state index is -2.23. The second kappa shape index (κ2) is 5.08. The first kappa shape index (κ1) is 11.2. The van der Waals surface area contributed by atoms with Crippen LogP contribution in [0.25, 0.3) is 0 Å². The molecule has 0 heterocycles. The maximum atomic E-state index is 12.6. The Morgan fingerprint density at radius 2 is 1.64 bits per heavy atom. The SMILES string of the molecule is CC(C)C(Cc1ccccc1)C(F)F. The normalized spacial score (nSPS) is 13.6. The Morgan fingerprint density at radius 3 is 2.07 bits per heavy atom. The molecule has 0 nitrogen and oxygen atoms in total. The molecular weight excluding hydrogens is 182 g/mol. The largest absolute Gasteiger partial charge is 0.242 e. The summed E-state index contributed by atoms with van der Waals surface area (Å²) in [4.78, 5) is 0. The zero-order valence-corrected chi connectivity index (χ0v) is 8.58. The molecule has 1 aromatic rings. The predicted octanol–water partition coefficient (Wildman–Crippen LogP) is 3.77. The van der Waals surface area contributed by atoms with E-state index in [2.05, 4.69) is 0 Å². The molecular formula is C12H16F2. The molecule has 0 radical (unpaired) electrons. The highest BCUT2D eigenvalue weighted by molar-refractivity contribution is 5.15. The van der Waals surface area contributed by atoms with Gasteiger partial charge in [0.1, 0.15) is 0 Å². The zero-order chi connectivity index (χ0) is 10.6. The molecule has 0 N–H and O–H groups in total. The second-order valence-corrected chi connectivity index (χ2v) is 3.93. The maximum absolute atomic E-state index is 12.6. The molecule has 0 spiro atoms. The van der Waals surface area contributed by atoms with Crippen LogP contribution < -0.4 is 0 Å². The molecule has 0 saturated carbocycles. The van der Waals surface area contributed by atoms with Crippen molar-refractivity contribution in [2.24, 2.45) is 11.8 Å². The van der Waals surface area contributed by atoms with E-state index in [1.54, 1.807) is 0 Å². The van der Waals surface area contributed by atoms with Crippen LogP contribution in [0.15, 0.2) is 30.3 Å². The standard InChI is InChI=1S/C12H16F2/c1-9(2)11(12(13)14)8-10-6-4-3-5-7-10/h3-7,9,11-12H,8H2,1-2H3. The van der Waals surface area contributed by atoms with E-state index in [1.807, 2.05) is 44.2 Å². The van der Waals surface area contributed by atoms with E-state index in [0.29, 0.717) is 6.42 Å². The summed E-state index contributed by atoms with van der Waals surface area (Å²) in [7, 11) is 0. The molecule has 2 heteroatoms. The lowest BCUT2D eigenvalue weighted by Crippen LogP contribution is -2.20.